The van der Waals surface area contributed by atoms with Crippen LogP contribution in [0.5, 0.6) is 0 Å². The molecule has 90 valence electrons. The van der Waals surface area contributed by atoms with Gasteiger partial charge in [-0.05, 0) is 31.5 Å². The Kier molecular flexibility index (Phi) is 4.18. The van der Waals surface area contributed by atoms with E-state index in [9.17, 15) is 0 Å². The Labute approximate surface area is 106 Å². The average molecular weight is 250 g/mol. The molecule has 0 spiro atoms. The predicted molar refractivity (Wildman–Crippen MR) is 71.0 cm³/mol. The maximum atomic E-state index is 5.99. The molecule has 0 saturated carbocycles. The molecule has 2 rings (SSSR count). The predicted octanol–water partition coefficient (Wildman–Crippen LogP) is 2.94. The number of hydrogen-bond donors (Lipinski definition) is 1. The van der Waals surface area contributed by atoms with Crippen LogP contribution in [0.25, 0.3) is 11.4 Å². The van der Waals surface area contributed by atoms with Crippen LogP contribution in [0.1, 0.15) is 12.8 Å². The fourth-order valence-electron chi connectivity index (χ4n) is 1.80. The minimum atomic E-state index is 0.735. The maximum absolute atomic E-state index is 5.99. The number of aryl methyl sites for hydroxylation is 1. The molecule has 1 heterocycles. The zero-order chi connectivity index (χ0) is 12.1. The molecule has 0 atom stereocenters. The topological polar surface area (TPSA) is 43.8 Å². The summed E-state index contributed by atoms with van der Waals surface area (Å²) >= 11 is 5.99. The van der Waals surface area contributed by atoms with Gasteiger partial charge in [0.2, 0.25) is 0 Å². The number of unbranched alkanes of at least 4 members (excludes halogenated alkanes) is 1. The normalized spacial score (nSPS) is 10.7. The van der Waals surface area contributed by atoms with E-state index < -0.39 is 0 Å². The third-order valence-corrected chi connectivity index (χ3v) is 2.89. The standard InChI is InChI=1S/C13H16ClN3/c14-12-5-3-4-11(10-12)13-16-7-9-17(13)8-2-1-6-15/h3-5,7,9-10H,1-2,6,8,15H2. The molecule has 0 aliphatic heterocycles. The third-order valence-electron chi connectivity index (χ3n) is 2.65. The van der Waals surface area contributed by atoms with Crippen LogP contribution in [-0.2, 0) is 6.54 Å². The molecule has 1 aromatic carbocycles. The second-order valence-electron chi connectivity index (χ2n) is 3.95. The van der Waals surface area contributed by atoms with E-state index in [1.807, 2.05) is 36.7 Å². The largest absolute Gasteiger partial charge is 0.331 e. The Morgan fingerprint density at radius 1 is 1.29 bits per heavy atom. The summed E-state index contributed by atoms with van der Waals surface area (Å²) < 4.78 is 2.14. The van der Waals surface area contributed by atoms with Gasteiger partial charge < -0.3 is 10.3 Å². The van der Waals surface area contributed by atoms with Gasteiger partial charge in [0.25, 0.3) is 0 Å². The van der Waals surface area contributed by atoms with E-state index in [0.29, 0.717) is 0 Å². The van der Waals surface area contributed by atoms with Gasteiger partial charge in [-0.1, -0.05) is 23.7 Å². The number of benzene rings is 1. The quantitative estimate of drug-likeness (QED) is 0.828. The molecular formula is C13H16ClN3. The van der Waals surface area contributed by atoms with Crippen LogP contribution in [0.15, 0.2) is 36.7 Å². The molecule has 4 heteroatoms. The lowest BCUT2D eigenvalue weighted by Gasteiger charge is -2.07. The van der Waals surface area contributed by atoms with E-state index in [1.54, 1.807) is 0 Å². The van der Waals surface area contributed by atoms with Gasteiger partial charge in [-0.15, -0.1) is 0 Å². The van der Waals surface area contributed by atoms with Crippen LogP contribution in [0.2, 0.25) is 5.02 Å². The number of halogens is 1. The molecule has 0 unspecified atom stereocenters. The monoisotopic (exact) mass is 249 g/mol. The molecule has 0 aliphatic rings. The molecule has 2 N–H and O–H groups in total. The summed E-state index contributed by atoms with van der Waals surface area (Å²) in [5, 5.41) is 0.735. The van der Waals surface area contributed by atoms with Crippen LogP contribution in [0.3, 0.4) is 0 Å². The summed E-state index contributed by atoms with van der Waals surface area (Å²) in [6, 6.07) is 7.76. The molecule has 3 nitrogen and oxygen atoms in total. The van der Waals surface area contributed by atoms with Gasteiger partial charge in [-0.2, -0.15) is 0 Å². The van der Waals surface area contributed by atoms with Crippen molar-refractivity contribution in [2.24, 2.45) is 5.73 Å². The number of hydrogen-bond acceptors (Lipinski definition) is 2. The Morgan fingerprint density at radius 2 is 2.18 bits per heavy atom. The molecule has 0 bridgehead atoms. The minimum absolute atomic E-state index is 0.735. The Balaban J connectivity index is 2.18. The number of nitrogens with zero attached hydrogens (tertiary/aromatic N) is 2. The first-order valence-electron chi connectivity index (χ1n) is 5.78. The third kappa shape index (κ3) is 3.08. The molecule has 0 amide bonds. The van der Waals surface area contributed by atoms with Gasteiger partial charge in [0, 0.05) is 29.5 Å². The van der Waals surface area contributed by atoms with Crippen molar-refractivity contribution in [1.82, 2.24) is 9.55 Å². The van der Waals surface area contributed by atoms with Gasteiger partial charge >= 0.3 is 0 Å². The van der Waals surface area contributed by atoms with Gasteiger partial charge in [0.05, 0.1) is 0 Å². The fourth-order valence-corrected chi connectivity index (χ4v) is 1.99. The van der Waals surface area contributed by atoms with Gasteiger partial charge in [-0.3, -0.25) is 0 Å². The van der Waals surface area contributed by atoms with Crippen LogP contribution in [0, 0.1) is 0 Å². The van der Waals surface area contributed by atoms with Crippen molar-refractivity contribution in [2.45, 2.75) is 19.4 Å². The fraction of sp³-hybridized carbons (Fsp3) is 0.308. The zero-order valence-corrected chi connectivity index (χ0v) is 10.4. The van der Waals surface area contributed by atoms with Crippen LogP contribution in [0.4, 0.5) is 0 Å². The van der Waals surface area contributed by atoms with Crippen molar-refractivity contribution in [3.05, 3.63) is 41.7 Å². The van der Waals surface area contributed by atoms with Crippen molar-refractivity contribution in [1.29, 1.82) is 0 Å². The lowest BCUT2D eigenvalue weighted by atomic mass is 10.2. The number of nitrogens with two attached hydrogens (primary N) is 1. The van der Waals surface area contributed by atoms with Crippen molar-refractivity contribution in [2.75, 3.05) is 6.54 Å². The lowest BCUT2D eigenvalue weighted by molar-refractivity contribution is 0.619. The molecule has 0 saturated heterocycles. The Bertz CT molecular complexity index is 479. The molecule has 0 radical (unpaired) electrons. The molecule has 1 aromatic heterocycles. The van der Waals surface area contributed by atoms with E-state index in [1.165, 1.54) is 0 Å². The highest BCUT2D eigenvalue weighted by Crippen LogP contribution is 2.21. The summed E-state index contributed by atoms with van der Waals surface area (Å²) in [4.78, 5) is 4.38. The molecule has 2 aromatic rings. The molecule has 0 fully saturated rings. The average Bonchev–Trinajstić information content (AvgIpc) is 2.78. The molecular weight excluding hydrogens is 234 g/mol. The number of imidazole rings is 1. The number of rotatable bonds is 5. The number of aromatic nitrogens is 2. The van der Waals surface area contributed by atoms with E-state index in [2.05, 4.69) is 9.55 Å². The first-order chi connectivity index (χ1) is 8.31. The van der Waals surface area contributed by atoms with Crippen molar-refractivity contribution < 1.29 is 0 Å². The van der Waals surface area contributed by atoms with Crippen molar-refractivity contribution in [3.63, 3.8) is 0 Å². The van der Waals surface area contributed by atoms with Crippen LogP contribution >= 0.6 is 11.6 Å². The summed E-state index contributed by atoms with van der Waals surface area (Å²) in [5.74, 6) is 0.963. The summed E-state index contributed by atoms with van der Waals surface area (Å²) in [6.45, 7) is 1.68. The Morgan fingerprint density at radius 3 is 2.94 bits per heavy atom. The first kappa shape index (κ1) is 12.1. The molecule has 17 heavy (non-hydrogen) atoms. The SMILES string of the molecule is NCCCCn1ccnc1-c1cccc(Cl)c1. The maximum Gasteiger partial charge on any atom is 0.139 e. The van der Waals surface area contributed by atoms with Gasteiger partial charge in [0.1, 0.15) is 5.82 Å². The smallest absolute Gasteiger partial charge is 0.139 e. The minimum Gasteiger partial charge on any atom is -0.331 e. The van der Waals surface area contributed by atoms with E-state index >= 15 is 0 Å². The second-order valence-corrected chi connectivity index (χ2v) is 4.39. The molecule has 0 aliphatic carbocycles. The summed E-state index contributed by atoms with van der Waals surface area (Å²) in [5.41, 5.74) is 6.55. The van der Waals surface area contributed by atoms with Crippen molar-refractivity contribution >= 4 is 11.6 Å². The Hall–Kier alpha value is -1.32. The van der Waals surface area contributed by atoms with Crippen LogP contribution in [-0.4, -0.2) is 16.1 Å². The first-order valence-corrected chi connectivity index (χ1v) is 6.16. The highest BCUT2D eigenvalue weighted by atomic mass is 35.5. The summed E-state index contributed by atoms with van der Waals surface area (Å²) in [7, 11) is 0. The van der Waals surface area contributed by atoms with Gasteiger partial charge in [0.15, 0.2) is 0 Å². The highest BCUT2D eigenvalue weighted by Gasteiger charge is 2.05. The van der Waals surface area contributed by atoms with Gasteiger partial charge in [-0.25, -0.2) is 4.98 Å². The second kappa shape index (κ2) is 5.84. The van der Waals surface area contributed by atoms with E-state index in [-0.39, 0.29) is 0 Å². The van der Waals surface area contributed by atoms with Crippen molar-refractivity contribution in [3.8, 4) is 11.4 Å². The van der Waals surface area contributed by atoms with E-state index in [0.717, 1.165) is 42.3 Å². The van der Waals surface area contributed by atoms with E-state index in [4.69, 9.17) is 17.3 Å². The zero-order valence-electron chi connectivity index (χ0n) is 9.64. The highest BCUT2D eigenvalue weighted by molar-refractivity contribution is 6.30. The lowest BCUT2D eigenvalue weighted by Crippen LogP contribution is -2.03. The van der Waals surface area contributed by atoms with Crippen LogP contribution < -0.4 is 5.73 Å². The summed E-state index contributed by atoms with van der Waals surface area (Å²) in [6.07, 6.45) is 5.92.